The fourth-order valence-corrected chi connectivity index (χ4v) is 1.41. The summed E-state index contributed by atoms with van der Waals surface area (Å²) in [5.41, 5.74) is 0.747. The highest BCUT2D eigenvalue weighted by molar-refractivity contribution is 5.96. The van der Waals surface area contributed by atoms with Gasteiger partial charge < -0.3 is 10.1 Å². The number of hydrogen-bond acceptors (Lipinski definition) is 4. The SMILES string of the molecule is CC/C=C/C(=O)O[C@@H](C)C(=O)Nc1ccccc1C#N. The van der Waals surface area contributed by atoms with E-state index in [1.165, 1.54) is 13.0 Å². The molecule has 0 heterocycles. The van der Waals surface area contributed by atoms with Crippen molar-refractivity contribution in [2.45, 2.75) is 26.4 Å². The van der Waals surface area contributed by atoms with Crippen molar-refractivity contribution in [2.24, 2.45) is 0 Å². The second kappa shape index (κ2) is 7.74. The molecule has 0 aliphatic carbocycles. The number of allylic oxidation sites excluding steroid dienone is 1. The smallest absolute Gasteiger partial charge is 0.331 e. The molecule has 0 fully saturated rings. The lowest BCUT2D eigenvalue weighted by atomic mass is 10.2. The molecule has 0 saturated carbocycles. The van der Waals surface area contributed by atoms with Crippen LogP contribution in [0.1, 0.15) is 25.8 Å². The second-order valence-electron chi connectivity index (χ2n) is 4.04. The fourth-order valence-electron chi connectivity index (χ4n) is 1.41. The lowest BCUT2D eigenvalue weighted by Gasteiger charge is -2.13. The second-order valence-corrected chi connectivity index (χ2v) is 4.04. The van der Waals surface area contributed by atoms with Gasteiger partial charge in [0, 0.05) is 6.08 Å². The zero-order valence-electron chi connectivity index (χ0n) is 11.4. The number of esters is 1. The van der Waals surface area contributed by atoms with Gasteiger partial charge in [-0.1, -0.05) is 25.1 Å². The highest BCUT2D eigenvalue weighted by Crippen LogP contribution is 2.14. The summed E-state index contributed by atoms with van der Waals surface area (Å²) in [7, 11) is 0. The van der Waals surface area contributed by atoms with Gasteiger partial charge in [0.15, 0.2) is 6.10 Å². The Balaban J connectivity index is 2.65. The van der Waals surface area contributed by atoms with E-state index < -0.39 is 18.0 Å². The molecule has 1 amide bonds. The summed E-state index contributed by atoms with van der Waals surface area (Å²) in [6.45, 7) is 3.36. The number of anilines is 1. The van der Waals surface area contributed by atoms with Gasteiger partial charge in [-0.15, -0.1) is 0 Å². The average molecular weight is 272 g/mol. The molecule has 0 unspecified atom stereocenters. The van der Waals surface area contributed by atoms with Crippen LogP contribution in [0.2, 0.25) is 0 Å². The summed E-state index contributed by atoms with van der Waals surface area (Å²) in [4.78, 5) is 23.2. The molecule has 0 saturated heterocycles. The number of nitrogens with one attached hydrogen (secondary N) is 1. The molecule has 0 aliphatic heterocycles. The van der Waals surface area contributed by atoms with Crippen LogP contribution < -0.4 is 5.32 Å². The van der Waals surface area contributed by atoms with E-state index in [9.17, 15) is 9.59 Å². The van der Waals surface area contributed by atoms with E-state index in [2.05, 4.69) is 5.32 Å². The van der Waals surface area contributed by atoms with Crippen molar-refractivity contribution >= 4 is 17.6 Å². The number of nitriles is 1. The van der Waals surface area contributed by atoms with Gasteiger partial charge in [0.2, 0.25) is 0 Å². The van der Waals surface area contributed by atoms with Crippen LogP contribution in [-0.4, -0.2) is 18.0 Å². The summed E-state index contributed by atoms with van der Waals surface area (Å²) in [6.07, 6.45) is 2.71. The predicted molar refractivity (Wildman–Crippen MR) is 74.8 cm³/mol. The molecule has 1 aromatic carbocycles. The van der Waals surface area contributed by atoms with Gasteiger partial charge in [-0.05, 0) is 25.5 Å². The molecule has 1 N–H and O–H groups in total. The van der Waals surface area contributed by atoms with E-state index in [-0.39, 0.29) is 0 Å². The molecule has 1 atom stereocenters. The summed E-state index contributed by atoms with van der Waals surface area (Å²) in [5.74, 6) is -1.05. The first-order valence-electron chi connectivity index (χ1n) is 6.25. The normalized spacial score (nSPS) is 11.7. The molecule has 0 radical (unpaired) electrons. The molecule has 104 valence electrons. The van der Waals surface area contributed by atoms with E-state index in [4.69, 9.17) is 10.00 Å². The maximum atomic E-state index is 11.9. The number of rotatable bonds is 5. The zero-order valence-corrected chi connectivity index (χ0v) is 11.4. The monoisotopic (exact) mass is 272 g/mol. The Bertz CT molecular complexity index is 558. The predicted octanol–water partition coefficient (Wildman–Crippen LogP) is 2.39. The minimum Gasteiger partial charge on any atom is -0.449 e. The first-order chi connectivity index (χ1) is 9.58. The van der Waals surface area contributed by atoms with E-state index >= 15 is 0 Å². The first kappa shape index (κ1) is 15.4. The molecule has 0 aromatic heterocycles. The fraction of sp³-hybridized carbons (Fsp3) is 0.267. The Labute approximate surface area is 117 Å². The quantitative estimate of drug-likeness (QED) is 0.659. The Morgan fingerprint density at radius 3 is 2.80 bits per heavy atom. The summed E-state index contributed by atoms with van der Waals surface area (Å²) in [6, 6.07) is 8.59. The molecule has 0 spiro atoms. The highest BCUT2D eigenvalue weighted by Gasteiger charge is 2.17. The van der Waals surface area contributed by atoms with Crippen LogP contribution in [0.4, 0.5) is 5.69 Å². The highest BCUT2D eigenvalue weighted by atomic mass is 16.5. The molecule has 0 bridgehead atoms. The molecule has 1 aromatic rings. The third kappa shape index (κ3) is 4.58. The Morgan fingerprint density at radius 2 is 2.15 bits per heavy atom. The van der Waals surface area contributed by atoms with Gasteiger partial charge >= 0.3 is 5.97 Å². The largest absolute Gasteiger partial charge is 0.449 e. The molecular weight excluding hydrogens is 256 g/mol. The van der Waals surface area contributed by atoms with Crippen LogP contribution in [0.15, 0.2) is 36.4 Å². The van der Waals surface area contributed by atoms with Crippen LogP contribution in [-0.2, 0) is 14.3 Å². The molecule has 20 heavy (non-hydrogen) atoms. The van der Waals surface area contributed by atoms with Crippen LogP contribution in [0.3, 0.4) is 0 Å². The molecule has 0 aliphatic rings. The van der Waals surface area contributed by atoms with Crippen molar-refractivity contribution < 1.29 is 14.3 Å². The standard InChI is InChI=1S/C15H16N2O3/c1-3-4-9-14(18)20-11(2)15(19)17-13-8-6-5-7-12(13)10-16/h4-9,11H,3H2,1-2H3,(H,17,19)/b9-4+/t11-/m0/s1. The maximum absolute atomic E-state index is 11.9. The molecular formula is C15H16N2O3. The lowest BCUT2D eigenvalue weighted by Crippen LogP contribution is -2.29. The third-order valence-corrected chi connectivity index (χ3v) is 2.46. The summed E-state index contributed by atoms with van der Waals surface area (Å²) < 4.78 is 4.94. The van der Waals surface area contributed by atoms with Crippen molar-refractivity contribution in [2.75, 3.05) is 5.32 Å². The van der Waals surface area contributed by atoms with Crippen LogP contribution in [0, 0.1) is 11.3 Å². The number of benzene rings is 1. The number of ether oxygens (including phenoxy) is 1. The Morgan fingerprint density at radius 1 is 1.45 bits per heavy atom. The van der Waals surface area contributed by atoms with E-state index in [0.717, 1.165) is 0 Å². The van der Waals surface area contributed by atoms with E-state index in [0.29, 0.717) is 17.7 Å². The van der Waals surface area contributed by atoms with Crippen LogP contribution in [0.25, 0.3) is 0 Å². The van der Waals surface area contributed by atoms with Gasteiger partial charge in [0.05, 0.1) is 11.3 Å². The van der Waals surface area contributed by atoms with Crippen molar-refractivity contribution in [1.29, 1.82) is 5.26 Å². The van der Waals surface area contributed by atoms with Gasteiger partial charge in [-0.2, -0.15) is 5.26 Å². The number of carbonyl (C=O) groups is 2. The van der Waals surface area contributed by atoms with Crippen molar-refractivity contribution in [3.63, 3.8) is 0 Å². The van der Waals surface area contributed by atoms with Gasteiger partial charge in [0.1, 0.15) is 6.07 Å². The number of para-hydroxylation sites is 1. The lowest BCUT2D eigenvalue weighted by molar-refractivity contribution is -0.148. The van der Waals surface area contributed by atoms with E-state index in [1.807, 2.05) is 13.0 Å². The number of amides is 1. The summed E-state index contributed by atoms with van der Waals surface area (Å²) in [5, 5.41) is 11.5. The maximum Gasteiger partial charge on any atom is 0.331 e. The zero-order chi connectivity index (χ0) is 15.0. The summed E-state index contributed by atoms with van der Waals surface area (Å²) >= 11 is 0. The van der Waals surface area contributed by atoms with Crippen LogP contribution >= 0.6 is 0 Å². The Kier molecular flexibility index (Phi) is 5.98. The Hall–Kier alpha value is -2.61. The topological polar surface area (TPSA) is 79.2 Å². The third-order valence-electron chi connectivity index (χ3n) is 2.46. The van der Waals surface area contributed by atoms with Crippen LogP contribution in [0.5, 0.6) is 0 Å². The van der Waals surface area contributed by atoms with Crippen molar-refractivity contribution in [1.82, 2.24) is 0 Å². The van der Waals surface area contributed by atoms with Crippen molar-refractivity contribution in [3.05, 3.63) is 42.0 Å². The molecule has 5 nitrogen and oxygen atoms in total. The van der Waals surface area contributed by atoms with E-state index in [1.54, 1.807) is 30.3 Å². The van der Waals surface area contributed by atoms with Gasteiger partial charge in [-0.25, -0.2) is 4.79 Å². The molecule has 5 heteroatoms. The molecule has 1 rings (SSSR count). The average Bonchev–Trinajstić information content (AvgIpc) is 2.45. The van der Waals surface area contributed by atoms with Gasteiger partial charge in [-0.3, -0.25) is 4.79 Å². The van der Waals surface area contributed by atoms with Gasteiger partial charge in [0.25, 0.3) is 5.91 Å². The minimum atomic E-state index is -0.934. The number of carbonyl (C=O) groups excluding carboxylic acids is 2. The number of hydrogen-bond donors (Lipinski definition) is 1. The van der Waals surface area contributed by atoms with Crippen molar-refractivity contribution in [3.8, 4) is 6.07 Å². The minimum absolute atomic E-state index is 0.352. The number of nitrogens with zero attached hydrogens (tertiary/aromatic N) is 1. The first-order valence-corrected chi connectivity index (χ1v) is 6.25.